The molecule has 1 N–H and O–H groups in total. The third-order valence-corrected chi connectivity index (χ3v) is 5.35. The van der Waals surface area contributed by atoms with E-state index in [0.717, 1.165) is 18.4 Å². The number of rotatable bonds is 5. The molecular weight excluding hydrogens is 234 g/mol. The number of hydrogen-bond donors (Lipinski definition) is 1. The van der Waals surface area contributed by atoms with E-state index in [0.29, 0.717) is 6.04 Å². The molecule has 0 radical (unpaired) electrons. The summed E-state index contributed by atoms with van der Waals surface area (Å²) in [6.45, 7) is 5.55. The first-order chi connectivity index (χ1) is 9.09. The third kappa shape index (κ3) is 3.30. The van der Waals surface area contributed by atoms with E-state index in [1.165, 1.54) is 45.1 Å². The molecule has 2 fully saturated rings. The molecule has 1 heterocycles. The molecule has 3 unspecified atom stereocenters. The van der Waals surface area contributed by atoms with Gasteiger partial charge in [-0.25, -0.2) is 0 Å². The second-order valence-electron chi connectivity index (χ2n) is 6.74. The number of likely N-dealkylation sites (tertiary alicyclic amines) is 1. The molecule has 0 aromatic rings. The molecule has 19 heavy (non-hydrogen) atoms. The number of nitrogens with one attached hydrogen (secondary N) is 1. The smallest absolute Gasteiger partial charge is 0.105 e. The van der Waals surface area contributed by atoms with Crippen LogP contribution in [-0.4, -0.2) is 36.1 Å². The van der Waals surface area contributed by atoms with Gasteiger partial charge in [0.1, 0.15) is 5.54 Å². The summed E-state index contributed by atoms with van der Waals surface area (Å²) in [5.74, 6) is 0.924. The Morgan fingerprint density at radius 3 is 2.58 bits per heavy atom. The summed E-state index contributed by atoms with van der Waals surface area (Å²) >= 11 is 0. The Labute approximate surface area is 118 Å². The molecule has 1 aliphatic carbocycles. The molecule has 2 aliphatic rings. The van der Waals surface area contributed by atoms with Gasteiger partial charge in [0.25, 0.3) is 0 Å². The van der Waals surface area contributed by atoms with Crippen LogP contribution in [0.15, 0.2) is 0 Å². The number of nitriles is 1. The van der Waals surface area contributed by atoms with Crippen molar-refractivity contribution in [1.82, 2.24) is 10.2 Å². The van der Waals surface area contributed by atoms with Crippen LogP contribution in [0.25, 0.3) is 0 Å². The molecule has 1 saturated carbocycles. The number of nitrogens with zero attached hydrogens (tertiary/aromatic N) is 2. The van der Waals surface area contributed by atoms with Gasteiger partial charge in [-0.05, 0) is 65.5 Å². The fourth-order valence-electron chi connectivity index (χ4n) is 4.12. The topological polar surface area (TPSA) is 39.1 Å². The summed E-state index contributed by atoms with van der Waals surface area (Å²) in [6.07, 6.45) is 9.34. The van der Waals surface area contributed by atoms with Crippen LogP contribution in [0, 0.1) is 17.2 Å². The average molecular weight is 263 g/mol. The van der Waals surface area contributed by atoms with Crippen LogP contribution in [0.2, 0.25) is 0 Å². The maximum atomic E-state index is 9.32. The van der Waals surface area contributed by atoms with Gasteiger partial charge >= 0.3 is 0 Å². The molecule has 1 saturated heterocycles. The first-order valence-electron chi connectivity index (χ1n) is 7.95. The van der Waals surface area contributed by atoms with Crippen LogP contribution in [-0.2, 0) is 0 Å². The normalized spacial score (nSPS) is 30.1. The lowest BCUT2D eigenvalue weighted by Crippen LogP contribution is -2.48. The van der Waals surface area contributed by atoms with Crippen molar-refractivity contribution in [3.8, 4) is 6.07 Å². The minimum atomic E-state index is -0.387. The standard InChI is InChI=1S/C16H29N3/c1-13(11-16(2,12-17)18-3)19-10-6-9-15(19)14-7-4-5-8-14/h13-15,18H,4-11H2,1-3H3. The maximum Gasteiger partial charge on any atom is 0.105 e. The summed E-state index contributed by atoms with van der Waals surface area (Å²) in [7, 11) is 1.90. The van der Waals surface area contributed by atoms with Crippen molar-refractivity contribution in [2.24, 2.45) is 5.92 Å². The predicted molar refractivity (Wildman–Crippen MR) is 78.8 cm³/mol. The molecular formula is C16H29N3. The van der Waals surface area contributed by atoms with E-state index in [1.54, 1.807) is 0 Å². The number of hydrogen-bond acceptors (Lipinski definition) is 3. The first-order valence-corrected chi connectivity index (χ1v) is 7.95. The van der Waals surface area contributed by atoms with Crippen molar-refractivity contribution in [3.63, 3.8) is 0 Å². The van der Waals surface area contributed by atoms with Gasteiger partial charge in [0.05, 0.1) is 6.07 Å². The summed E-state index contributed by atoms with van der Waals surface area (Å²) in [5, 5.41) is 12.5. The molecule has 0 amide bonds. The molecule has 108 valence electrons. The van der Waals surface area contributed by atoms with Gasteiger partial charge in [0, 0.05) is 12.1 Å². The Bertz CT molecular complexity index is 329. The van der Waals surface area contributed by atoms with Crippen LogP contribution >= 0.6 is 0 Å². The zero-order valence-corrected chi connectivity index (χ0v) is 12.8. The van der Waals surface area contributed by atoms with Gasteiger partial charge in [-0.1, -0.05) is 12.8 Å². The van der Waals surface area contributed by atoms with E-state index in [4.69, 9.17) is 0 Å². The molecule has 0 aromatic heterocycles. The quantitative estimate of drug-likeness (QED) is 0.829. The van der Waals surface area contributed by atoms with E-state index in [9.17, 15) is 5.26 Å². The summed E-state index contributed by atoms with van der Waals surface area (Å²) in [5.41, 5.74) is -0.387. The SMILES string of the molecule is CNC(C)(C#N)CC(C)N1CCCC1C1CCCC1. The molecule has 0 aromatic carbocycles. The van der Waals surface area contributed by atoms with Gasteiger partial charge in [-0.15, -0.1) is 0 Å². The Kier molecular flexibility index (Phi) is 4.86. The van der Waals surface area contributed by atoms with Crippen molar-refractivity contribution >= 4 is 0 Å². The molecule has 3 atom stereocenters. The van der Waals surface area contributed by atoms with E-state index in [1.807, 2.05) is 14.0 Å². The first kappa shape index (κ1) is 14.8. The van der Waals surface area contributed by atoms with Crippen molar-refractivity contribution < 1.29 is 0 Å². The minimum absolute atomic E-state index is 0.387. The zero-order chi connectivity index (χ0) is 13.9. The zero-order valence-electron chi connectivity index (χ0n) is 12.8. The largest absolute Gasteiger partial charge is 0.303 e. The van der Waals surface area contributed by atoms with Crippen LogP contribution in [0.4, 0.5) is 0 Å². The van der Waals surface area contributed by atoms with E-state index < -0.39 is 0 Å². The van der Waals surface area contributed by atoms with Gasteiger partial charge in [-0.3, -0.25) is 4.90 Å². The predicted octanol–water partition coefficient (Wildman–Crippen LogP) is 2.92. The molecule has 0 spiro atoms. The summed E-state index contributed by atoms with van der Waals surface area (Å²) < 4.78 is 0. The van der Waals surface area contributed by atoms with Crippen LogP contribution in [0.1, 0.15) is 58.8 Å². The molecule has 3 nitrogen and oxygen atoms in total. The Morgan fingerprint density at radius 2 is 2.00 bits per heavy atom. The Morgan fingerprint density at radius 1 is 1.32 bits per heavy atom. The van der Waals surface area contributed by atoms with Crippen molar-refractivity contribution in [3.05, 3.63) is 0 Å². The second-order valence-corrected chi connectivity index (χ2v) is 6.74. The lowest BCUT2D eigenvalue weighted by Gasteiger charge is -2.37. The van der Waals surface area contributed by atoms with Gasteiger partial charge in [0.15, 0.2) is 0 Å². The van der Waals surface area contributed by atoms with Crippen LogP contribution < -0.4 is 5.32 Å². The minimum Gasteiger partial charge on any atom is -0.303 e. The second kappa shape index (κ2) is 6.24. The van der Waals surface area contributed by atoms with Crippen molar-refractivity contribution in [2.75, 3.05) is 13.6 Å². The van der Waals surface area contributed by atoms with E-state index in [2.05, 4.69) is 23.2 Å². The fraction of sp³-hybridized carbons (Fsp3) is 0.938. The molecule has 0 bridgehead atoms. The maximum absolute atomic E-state index is 9.32. The average Bonchev–Trinajstić information content (AvgIpc) is 3.08. The fourth-order valence-corrected chi connectivity index (χ4v) is 4.12. The highest BCUT2D eigenvalue weighted by atomic mass is 15.2. The highest BCUT2D eigenvalue weighted by molar-refractivity contribution is 5.05. The highest BCUT2D eigenvalue weighted by Gasteiger charge is 2.37. The van der Waals surface area contributed by atoms with Crippen molar-refractivity contribution in [2.45, 2.75) is 76.4 Å². The summed E-state index contributed by atoms with van der Waals surface area (Å²) in [6, 6.07) is 3.72. The molecule has 1 aliphatic heterocycles. The van der Waals surface area contributed by atoms with Gasteiger partial charge in [0.2, 0.25) is 0 Å². The van der Waals surface area contributed by atoms with Crippen LogP contribution in [0.3, 0.4) is 0 Å². The molecule has 3 heteroatoms. The highest BCUT2D eigenvalue weighted by Crippen LogP contribution is 2.37. The van der Waals surface area contributed by atoms with E-state index in [-0.39, 0.29) is 5.54 Å². The van der Waals surface area contributed by atoms with Crippen LogP contribution in [0.5, 0.6) is 0 Å². The van der Waals surface area contributed by atoms with Crippen molar-refractivity contribution in [1.29, 1.82) is 5.26 Å². The summed E-state index contributed by atoms with van der Waals surface area (Å²) in [4.78, 5) is 2.70. The van der Waals surface area contributed by atoms with E-state index >= 15 is 0 Å². The Hall–Kier alpha value is -0.590. The third-order valence-electron chi connectivity index (χ3n) is 5.35. The van der Waals surface area contributed by atoms with Gasteiger partial charge in [-0.2, -0.15) is 5.26 Å². The lowest BCUT2D eigenvalue weighted by molar-refractivity contribution is 0.125. The Balaban J connectivity index is 1.97. The van der Waals surface area contributed by atoms with Gasteiger partial charge < -0.3 is 5.32 Å². The molecule has 2 rings (SSSR count). The monoisotopic (exact) mass is 263 g/mol. The lowest BCUT2D eigenvalue weighted by atomic mass is 9.91.